The molecule has 2 aromatic rings. The molecule has 1 fully saturated rings. The van der Waals surface area contributed by atoms with Crippen LogP contribution in [0.1, 0.15) is 32.6 Å². The summed E-state index contributed by atoms with van der Waals surface area (Å²) >= 11 is 0. The van der Waals surface area contributed by atoms with Crippen molar-refractivity contribution >= 4 is 16.7 Å². The maximum Gasteiger partial charge on any atom is 0.225 e. The zero-order chi connectivity index (χ0) is 18.5. The lowest BCUT2D eigenvalue weighted by Gasteiger charge is -2.28. The molecule has 0 radical (unpaired) electrons. The molecule has 142 valence electrons. The largest absolute Gasteiger partial charge is 0.506 e. The third kappa shape index (κ3) is 4.34. The van der Waals surface area contributed by atoms with Crippen LogP contribution in [0.5, 0.6) is 11.6 Å². The van der Waals surface area contributed by atoms with Crippen LogP contribution in [-0.4, -0.2) is 54.0 Å². The van der Waals surface area contributed by atoms with Crippen LogP contribution in [0.3, 0.4) is 0 Å². The number of methoxy groups -OCH3 is 1. The molecule has 0 bridgehead atoms. The summed E-state index contributed by atoms with van der Waals surface area (Å²) in [6.45, 7) is 4.24. The molecule has 3 rings (SSSR count). The van der Waals surface area contributed by atoms with Crippen molar-refractivity contribution in [2.45, 2.75) is 44.8 Å². The Morgan fingerprint density at radius 3 is 2.73 bits per heavy atom. The summed E-state index contributed by atoms with van der Waals surface area (Å²) in [4.78, 5) is 11.2. The van der Waals surface area contributed by atoms with Crippen molar-refractivity contribution in [1.82, 2.24) is 9.97 Å². The van der Waals surface area contributed by atoms with Crippen molar-refractivity contribution in [3.05, 3.63) is 18.3 Å². The predicted octanol–water partition coefficient (Wildman–Crippen LogP) is 2.46. The number of aromatic hydroxyl groups is 1. The van der Waals surface area contributed by atoms with Gasteiger partial charge in [0.2, 0.25) is 5.88 Å². The number of likely N-dealkylation sites (N-methyl/N-ethyl adjacent to an activating group) is 1. The van der Waals surface area contributed by atoms with Crippen molar-refractivity contribution in [3.8, 4) is 11.6 Å². The van der Waals surface area contributed by atoms with Crippen LogP contribution in [0, 0.1) is 0 Å². The van der Waals surface area contributed by atoms with E-state index in [1.165, 1.54) is 6.20 Å². The van der Waals surface area contributed by atoms with Crippen molar-refractivity contribution < 1.29 is 14.6 Å². The number of hydrogen-bond donors (Lipinski definition) is 2. The molecule has 1 saturated carbocycles. The van der Waals surface area contributed by atoms with Gasteiger partial charge in [0.05, 0.1) is 23.7 Å². The molecule has 0 atom stereocenters. The molecule has 26 heavy (non-hydrogen) atoms. The molecular weight excluding hydrogens is 332 g/mol. The molecule has 1 aliphatic rings. The minimum absolute atomic E-state index is 0.0946. The first-order valence-corrected chi connectivity index (χ1v) is 9.26. The average Bonchev–Trinajstić information content (AvgIpc) is 2.64. The zero-order valence-corrected chi connectivity index (χ0v) is 15.5. The number of anilines is 1. The standard InChI is InChI=1S/C19H28N4O3/c1-3-23(8-9-25-2)18-11-17-16(10-14(24)12-21-17)19(22-18)26-15-6-4-13(20)5-7-15/h10-13,15,24H,3-9,20H2,1-2H3. The van der Waals surface area contributed by atoms with Gasteiger partial charge in [-0.2, -0.15) is 4.98 Å². The Balaban J connectivity index is 1.93. The molecule has 0 spiro atoms. The molecular formula is C19H28N4O3. The monoisotopic (exact) mass is 360 g/mol. The van der Waals surface area contributed by atoms with Gasteiger partial charge in [-0.3, -0.25) is 4.98 Å². The molecule has 0 amide bonds. The molecule has 0 saturated heterocycles. The second-order valence-corrected chi connectivity index (χ2v) is 6.77. The molecule has 2 aromatic heterocycles. The fraction of sp³-hybridized carbons (Fsp3) is 0.579. The van der Waals surface area contributed by atoms with Gasteiger partial charge in [-0.1, -0.05) is 0 Å². The number of nitrogens with two attached hydrogens (primary N) is 1. The lowest BCUT2D eigenvalue weighted by molar-refractivity contribution is 0.143. The molecule has 1 aliphatic carbocycles. The molecule has 7 heteroatoms. The van der Waals surface area contributed by atoms with Crippen LogP contribution in [0.2, 0.25) is 0 Å². The molecule has 0 aliphatic heterocycles. The van der Waals surface area contributed by atoms with Crippen LogP contribution < -0.4 is 15.4 Å². The van der Waals surface area contributed by atoms with Crippen LogP contribution in [0.15, 0.2) is 18.3 Å². The van der Waals surface area contributed by atoms with Gasteiger partial charge < -0.3 is 25.2 Å². The number of pyridine rings is 2. The Morgan fingerprint density at radius 2 is 2.04 bits per heavy atom. The highest BCUT2D eigenvalue weighted by atomic mass is 16.5. The highest BCUT2D eigenvalue weighted by molar-refractivity contribution is 5.86. The second-order valence-electron chi connectivity index (χ2n) is 6.77. The first kappa shape index (κ1) is 18.7. The number of aromatic nitrogens is 2. The third-order valence-electron chi connectivity index (χ3n) is 4.88. The van der Waals surface area contributed by atoms with Crippen LogP contribution in [-0.2, 0) is 4.74 Å². The number of ether oxygens (including phenoxy) is 2. The fourth-order valence-corrected chi connectivity index (χ4v) is 3.32. The quantitative estimate of drug-likeness (QED) is 0.783. The highest BCUT2D eigenvalue weighted by Gasteiger charge is 2.22. The van der Waals surface area contributed by atoms with Gasteiger partial charge in [0.25, 0.3) is 0 Å². The van der Waals surface area contributed by atoms with Crippen LogP contribution in [0.4, 0.5) is 5.82 Å². The summed E-state index contributed by atoms with van der Waals surface area (Å²) in [6.07, 6.45) is 5.30. The Bertz CT molecular complexity index is 732. The van der Waals surface area contributed by atoms with Gasteiger partial charge in [0.1, 0.15) is 17.7 Å². The highest BCUT2D eigenvalue weighted by Crippen LogP contribution is 2.32. The normalized spacial score (nSPS) is 20.3. The Hall–Kier alpha value is -2.12. The number of fused-ring (bicyclic) bond motifs is 1. The number of nitrogens with zero attached hydrogens (tertiary/aromatic N) is 3. The van der Waals surface area contributed by atoms with E-state index in [2.05, 4.69) is 16.8 Å². The summed E-state index contributed by atoms with van der Waals surface area (Å²) in [5.41, 5.74) is 6.75. The molecule has 3 N–H and O–H groups in total. The van der Waals surface area contributed by atoms with E-state index in [1.54, 1.807) is 13.2 Å². The maximum atomic E-state index is 9.85. The van der Waals surface area contributed by atoms with Crippen molar-refractivity contribution in [1.29, 1.82) is 0 Å². The summed E-state index contributed by atoms with van der Waals surface area (Å²) in [5, 5.41) is 10.6. The number of hydrogen-bond acceptors (Lipinski definition) is 7. The SMILES string of the molecule is CCN(CCOC)c1cc2ncc(O)cc2c(OC2CCC(N)CC2)n1. The van der Waals surface area contributed by atoms with E-state index in [9.17, 15) is 5.11 Å². The predicted molar refractivity (Wildman–Crippen MR) is 102 cm³/mol. The molecule has 7 nitrogen and oxygen atoms in total. The maximum absolute atomic E-state index is 9.85. The average molecular weight is 360 g/mol. The Kier molecular flexibility index (Phi) is 6.11. The zero-order valence-electron chi connectivity index (χ0n) is 15.5. The van der Waals surface area contributed by atoms with E-state index < -0.39 is 0 Å². The summed E-state index contributed by atoms with van der Waals surface area (Å²) in [6, 6.07) is 3.85. The van der Waals surface area contributed by atoms with E-state index in [1.807, 2.05) is 6.07 Å². The minimum atomic E-state index is 0.0946. The van der Waals surface area contributed by atoms with Gasteiger partial charge in [0, 0.05) is 32.3 Å². The van der Waals surface area contributed by atoms with E-state index in [0.29, 0.717) is 12.5 Å². The smallest absolute Gasteiger partial charge is 0.225 e. The van der Waals surface area contributed by atoms with Gasteiger partial charge in [-0.05, 0) is 38.7 Å². The third-order valence-corrected chi connectivity index (χ3v) is 4.88. The van der Waals surface area contributed by atoms with E-state index in [0.717, 1.165) is 55.5 Å². The summed E-state index contributed by atoms with van der Waals surface area (Å²) < 4.78 is 11.4. The van der Waals surface area contributed by atoms with Crippen molar-refractivity contribution in [2.24, 2.45) is 5.73 Å². The van der Waals surface area contributed by atoms with Crippen LogP contribution in [0.25, 0.3) is 10.9 Å². The lowest BCUT2D eigenvalue weighted by atomic mass is 9.94. The molecule has 0 unspecified atom stereocenters. The van der Waals surface area contributed by atoms with Gasteiger partial charge in [0.15, 0.2) is 0 Å². The number of rotatable bonds is 7. The van der Waals surface area contributed by atoms with Gasteiger partial charge >= 0.3 is 0 Å². The summed E-state index contributed by atoms with van der Waals surface area (Å²) in [7, 11) is 1.69. The Labute approximate surface area is 154 Å². The van der Waals surface area contributed by atoms with Gasteiger partial charge in [-0.25, -0.2) is 0 Å². The minimum Gasteiger partial charge on any atom is -0.506 e. The van der Waals surface area contributed by atoms with E-state index in [-0.39, 0.29) is 17.9 Å². The Morgan fingerprint density at radius 1 is 1.27 bits per heavy atom. The van der Waals surface area contributed by atoms with Crippen molar-refractivity contribution in [3.63, 3.8) is 0 Å². The van der Waals surface area contributed by atoms with Crippen LogP contribution >= 0.6 is 0 Å². The second kappa shape index (κ2) is 8.51. The molecule has 2 heterocycles. The topological polar surface area (TPSA) is 93.7 Å². The molecule has 0 aromatic carbocycles. The first-order chi connectivity index (χ1) is 12.6. The van der Waals surface area contributed by atoms with E-state index >= 15 is 0 Å². The lowest BCUT2D eigenvalue weighted by Crippen LogP contribution is -2.32. The van der Waals surface area contributed by atoms with E-state index in [4.69, 9.17) is 20.2 Å². The first-order valence-electron chi connectivity index (χ1n) is 9.26. The summed E-state index contributed by atoms with van der Waals surface area (Å²) in [5.74, 6) is 1.43. The van der Waals surface area contributed by atoms with Crippen molar-refractivity contribution in [2.75, 3.05) is 31.7 Å². The fourth-order valence-electron chi connectivity index (χ4n) is 3.32. The van der Waals surface area contributed by atoms with Gasteiger partial charge in [-0.15, -0.1) is 0 Å².